The Morgan fingerprint density at radius 3 is 2.43 bits per heavy atom. The van der Waals surface area contributed by atoms with E-state index in [-0.39, 0.29) is 11.3 Å². The van der Waals surface area contributed by atoms with Gasteiger partial charge in [0.1, 0.15) is 5.69 Å². The molecule has 1 N–H and O–H groups in total. The van der Waals surface area contributed by atoms with Gasteiger partial charge < -0.3 is 9.64 Å². The lowest BCUT2D eigenvalue weighted by Gasteiger charge is -2.18. The second-order valence-corrected chi connectivity index (χ2v) is 7.48. The molecule has 1 aliphatic carbocycles. The summed E-state index contributed by atoms with van der Waals surface area (Å²) in [5.74, 6) is 1.25. The van der Waals surface area contributed by atoms with Crippen LogP contribution in [0.4, 0.5) is 0 Å². The van der Waals surface area contributed by atoms with Crippen LogP contribution < -0.4 is 0 Å². The molecule has 1 amide bonds. The number of aromatic amines is 1. The van der Waals surface area contributed by atoms with Crippen LogP contribution in [0.2, 0.25) is 0 Å². The van der Waals surface area contributed by atoms with E-state index >= 15 is 0 Å². The number of methoxy groups -OCH3 is 1. The topological polar surface area (TPSA) is 58.2 Å². The van der Waals surface area contributed by atoms with E-state index in [9.17, 15) is 4.79 Å². The van der Waals surface area contributed by atoms with Crippen LogP contribution in [0.15, 0.2) is 6.07 Å². The van der Waals surface area contributed by atoms with Crippen molar-refractivity contribution in [2.75, 3.05) is 20.2 Å². The summed E-state index contributed by atoms with van der Waals surface area (Å²) >= 11 is 0. The Morgan fingerprint density at radius 2 is 1.95 bits per heavy atom. The van der Waals surface area contributed by atoms with Crippen molar-refractivity contribution in [3.05, 3.63) is 17.5 Å². The number of nitrogens with zero attached hydrogens (tertiary/aromatic N) is 2. The molecule has 0 bridgehead atoms. The highest BCUT2D eigenvalue weighted by atomic mass is 16.5. The zero-order valence-electron chi connectivity index (χ0n) is 13.3. The molecule has 1 unspecified atom stereocenters. The first-order valence-corrected chi connectivity index (χ1v) is 7.76. The number of carbonyl (C=O) groups is 1. The molecule has 5 heteroatoms. The molecule has 1 aromatic heterocycles. The first kappa shape index (κ1) is 14.6. The van der Waals surface area contributed by atoms with Gasteiger partial charge in [0.15, 0.2) is 0 Å². The Labute approximate surface area is 126 Å². The van der Waals surface area contributed by atoms with Gasteiger partial charge in [-0.05, 0) is 30.7 Å². The van der Waals surface area contributed by atoms with Gasteiger partial charge in [0, 0.05) is 31.3 Å². The van der Waals surface area contributed by atoms with Gasteiger partial charge in [-0.1, -0.05) is 20.8 Å². The summed E-state index contributed by atoms with van der Waals surface area (Å²) in [6.07, 6.45) is 2.55. The lowest BCUT2D eigenvalue weighted by molar-refractivity contribution is 0.0726. The third-order valence-electron chi connectivity index (χ3n) is 4.93. The number of carbonyl (C=O) groups excluding carboxylic acids is 1. The number of amides is 1. The Kier molecular flexibility index (Phi) is 3.56. The highest BCUT2D eigenvalue weighted by molar-refractivity contribution is 5.92. The molecule has 1 aromatic rings. The van der Waals surface area contributed by atoms with Crippen LogP contribution in [0.25, 0.3) is 0 Å². The van der Waals surface area contributed by atoms with Gasteiger partial charge in [-0.25, -0.2) is 0 Å². The summed E-state index contributed by atoms with van der Waals surface area (Å²) in [6.45, 7) is 8.03. The van der Waals surface area contributed by atoms with Crippen molar-refractivity contribution in [2.45, 2.75) is 45.1 Å². The van der Waals surface area contributed by atoms with E-state index in [1.165, 1.54) is 0 Å². The largest absolute Gasteiger partial charge is 0.381 e. The second kappa shape index (κ2) is 5.13. The SMILES string of the molecule is COC1C[C@@H]2CN(C(=O)c3cc(C(C)(C)C)[nH]n3)C[C@@H]2C1. The highest BCUT2D eigenvalue weighted by Gasteiger charge is 2.42. The van der Waals surface area contributed by atoms with Crippen LogP contribution in [-0.2, 0) is 10.2 Å². The quantitative estimate of drug-likeness (QED) is 0.909. The fourth-order valence-electron chi connectivity index (χ4n) is 3.58. The molecular weight excluding hydrogens is 266 g/mol. The van der Waals surface area contributed by atoms with Gasteiger partial charge in [0.25, 0.3) is 5.91 Å². The number of fused-ring (bicyclic) bond motifs is 1. The molecule has 2 aliphatic rings. The van der Waals surface area contributed by atoms with Gasteiger partial charge >= 0.3 is 0 Å². The summed E-state index contributed by atoms with van der Waals surface area (Å²) in [6, 6.07) is 1.90. The van der Waals surface area contributed by atoms with Crippen molar-refractivity contribution in [2.24, 2.45) is 11.8 Å². The Bertz CT molecular complexity index is 518. The smallest absolute Gasteiger partial charge is 0.274 e. The van der Waals surface area contributed by atoms with E-state index in [0.29, 0.717) is 23.6 Å². The molecule has 0 aromatic carbocycles. The maximum Gasteiger partial charge on any atom is 0.274 e. The number of hydrogen-bond donors (Lipinski definition) is 1. The van der Waals surface area contributed by atoms with Crippen LogP contribution >= 0.6 is 0 Å². The molecule has 1 aliphatic heterocycles. The molecule has 21 heavy (non-hydrogen) atoms. The van der Waals surface area contributed by atoms with Crippen LogP contribution in [0.1, 0.15) is 49.8 Å². The van der Waals surface area contributed by atoms with Gasteiger partial charge in [0.05, 0.1) is 6.10 Å². The predicted molar refractivity (Wildman–Crippen MR) is 80.2 cm³/mol. The van der Waals surface area contributed by atoms with Crippen molar-refractivity contribution in [3.63, 3.8) is 0 Å². The van der Waals surface area contributed by atoms with Crippen LogP contribution in [0, 0.1) is 11.8 Å². The molecular formula is C16H25N3O2. The van der Waals surface area contributed by atoms with Gasteiger partial charge in [-0.15, -0.1) is 0 Å². The molecule has 2 fully saturated rings. The van der Waals surface area contributed by atoms with Gasteiger partial charge in [-0.3, -0.25) is 9.89 Å². The Balaban J connectivity index is 1.67. The molecule has 1 saturated carbocycles. The summed E-state index contributed by atoms with van der Waals surface area (Å²) in [7, 11) is 1.78. The minimum Gasteiger partial charge on any atom is -0.381 e. The number of ether oxygens (including phenoxy) is 1. The third kappa shape index (κ3) is 2.71. The zero-order valence-corrected chi connectivity index (χ0v) is 13.3. The molecule has 3 rings (SSSR count). The van der Waals surface area contributed by atoms with Crippen LogP contribution in [0.5, 0.6) is 0 Å². The van der Waals surface area contributed by atoms with Gasteiger partial charge in [-0.2, -0.15) is 5.10 Å². The van der Waals surface area contributed by atoms with Gasteiger partial charge in [0.2, 0.25) is 0 Å². The zero-order chi connectivity index (χ0) is 15.2. The number of likely N-dealkylation sites (tertiary alicyclic amines) is 1. The average Bonchev–Trinajstić information content (AvgIpc) is 3.10. The summed E-state index contributed by atoms with van der Waals surface area (Å²) in [4.78, 5) is 14.5. The maximum atomic E-state index is 12.6. The third-order valence-corrected chi connectivity index (χ3v) is 4.93. The van der Waals surface area contributed by atoms with Crippen LogP contribution in [0.3, 0.4) is 0 Å². The lowest BCUT2D eigenvalue weighted by Crippen LogP contribution is -2.30. The van der Waals surface area contributed by atoms with E-state index in [4.69, 9.17) is 4.74 Å². The molecule has 0 radical (unpaired) electrons. The summed E-state index contributed by atoms with van der Waals surface area (Å²) in [5, 5.41) is 7.21. The van der Waals surface area contributed by atoms with Crippen LogP contribution in [-0.4, -0.2) is 47.3 Å². The fourth-order valence-corrected chi connectivity index (χ4v) is 3.58. The Hall–Kier alpha value is -1.36. The monoisotopic (exact) mass is 291 g/mol. The normalized spacial score (nSPS) is 29.0. The van der Waals surface area contributed by atoms with E-state index in [1.807, 2.05) is 11.0 Å². The Morgan fingerprint density at radius 1 is 1.33 bits per heavy atom. The van der Waals surface area contributed by atoms with Crippen molar-refractivity contribution < 1.29 is 9.53 Å². The highest BCUT2D eigenvalue weighted by Crippen LogP contribution is 2.39. The fraction of sp³-hybridized carbons (Fsp3) is 0.750. The number of aromatic nitrogens is 2. The predicted octanol–water partition coefficient (Wildman–Crippen LogP) is 2.20. The number of nitrogens with one attached hydrogen (secondary N) is 1. The van der Waals surface area contributed by atoms with E-state index in [0.717, 1.165) is 31.6 Å². The van der Waals surface area contributed by atoms with E-state index < -0.39 is 0 Å². The average molecular weight is 291 g/mol. The standard InChI is InChI=1S/C16H25N3O2/c1-16(2,3)14-7-13(17-18-14)15(20)19-8-10-5-12(21-4)6-11(10)9-19/h7,10-12H,5-6,8-9H2,1-4H3,(H,17,18)/t10-,11+,12?. The summed E-state index contributed by atoms with van der Waals surface area (Å²) < 4.78 is 5.45. The van der Waals surface area contributed by atoms with Crippen molar-refractivity contribution >= 4 is 5.91 Å². The van der Waals surface area contributed by atoms with Crippen molar-refractivity contribution in [3.8, 4) is 0 Å². The molecule has 5 nitrogen and oxygen atoms in total. The van der Waals surface area contributed by atoms with Crippen molar-refractivity contribution in [1.29, 1.82) is 0 Å². The number of hydrogen-bond acceptors (Lipinski definition) is 3. The number of H-pyrrole nitrogens is 1. The minimum atomic E-state index is -0.0151. The molecule has 0 spiro atoms. The second-order valence-electron chi connectivity index (χ2n) is 7.48. The first-order valence-electron chi connectivity index (χ1n) is 7.76. The minimum absolute atomic E-state index is 0.0151. The molecule has 116 valence electrons. The maximum absolute atomic E-state index is 12.6. The lowest BCUT2D eigenvalue weighted by atomic mass is 9.92. The first-order chi connectivity index (χ1) is 9.88. The molecule has 2 heterocycles. The molecule has 3 atom stereocenters. The van der Waals surface area contributed by atoms with E-state index in [1.54, 1.807) is 7.11 Å². The molecule has 1 saturated heterocycles. The summed E-state index contributed by atoms with van der Waals surface area (Å²) in [5.41, 5.74) is 1.53. The van der Waals surface area contributed by atoms with Crippen molar-refractivity contribution in [1.82, 2.24) is 15.1 Å². The van der Waals surface area contributed by atoms with E-state index in [2.05, 4.69) is 31.0 Å². The number of rotatable bonds is 2.